The van der Waals surface area contributed by atoms with Crippen molar-refractivity contribution in [1.29, 1.82) is 0 Å². The molecule has 7 nitrogen and oxygen atoms in total. The molecule has 0 saturated carbocycles. The number of carbonyl (C=O) groups excluding carboxylic acids is 2. The van der Waals surface area contributed by atoms with E-state index < -0.39 is 11.7 Å². The highest BCUT2D eigenvalue weighted by atomic mass is 16.6. The van der Waals surface area contributed by atoms with Crippen LogP contribution < -0.4 is 0 Å². The van der Waals surface area contributed by atoms with Crippen LogP contribution in [0.25, 0.3) is 10.9 Å². The van der Waals surface area contributed by atoms with Crippen molar-refractivity contribution in [2.24, 2.45) is 5.92 Å². The summed E-state index contributed by atoms with van der Waals surface area (Å²) in [6.07, 6.45) is 4.88. The van der Waals surface area contributed by atoms with Crippen molar-refractivity contribution < 1.29 is 19.1 Å². The molecular weight excluding hydrogens is 430 g/mol. The molecule has 1 unspecified atom stereocenters. The largest absolute Gasteiger partial charge is 0.445 e. The van der Waals surface area contributed by atoms with E-state index in [1.54, 1.807) is 6.20 Å². The molecule has 1 saturated heterocycles. The van der Waals surface area contributed by atoms with Gasteiger partial charge < -0.3 is 14.4 Å². The van der Waals surface area contributed by atoms with Crippen molar-refractivity contribution in [3.63, 3.8) is 0 Å². The molecule has 1 aromatic heterocycles. The third kappa shape index (κ3) is 5.95. The summed E-state index contributed by atoms with van der Waals surface area (Å²) in [6, 6.07) is 15.6. The number of fused-ring (bicyclic) bond motifs is 1. The smallest absolute Gasteiger partial charge is 0.435 e. The Kier molecular flexibility index (Phi) is 7.20. The molecule has 4 rings (SSSR count). The van der Waals surface area contributed by atoms with Gasteiger partial charge in [-0.15, -0.1) is 0 Å². The number of hydrogen-bond acceptors (Lipinski definition) is 5. The summed E-state index contributed by atoms with van der Waals surface area (Å²) >= 11 is 0. The van der Waals surface area contributed by atoms with Crippen molar-refractivity contribution >= 4 is 23.1 Å². The van der Waals surface area contributed by atoms with Gasteiger partial charge in [0.25, 0.3) is 0 Å². The quantitative estimate of drug-likeness (QED) is 0.489. The van der Waals surface area contributed by atoms with E-state index in [-0.39, 0.29) is 12.7 Å². The SMILES string of the molecule is CC(C)(C)OC(=O)n1ncc2c(CC3CCCCN(C(=O)OCc4ccccc4)C3)cccc21. The Hall–Kier alpha value is -3.35. The molecule has 0 spiro atoms. The van der Waals surface area contributed by atoms with E-state index >= 15 is 0 Å². The van der Waals surface area contributed by atoms with Gasteiger partial charge in [-0.25, -0.2) is 9.59 Å². The highest BCUT2D eigenvalue weighted by Gasteiger charge is 2.25. The summed E-state index contributed by atoms with van der Waals surface area (Å²) in [5, 5.41) is 5.25. The summed E-state index contributed by atoms with van der Waals surface area (Å²) < 4.78 is 12.4. The Morgan fingerprint density at radius 1 is 1.03 bits per heavy atom. The molecular formula is C27H33N3O4. The van der Waals surface area contributed by atoms with Crippen LogP contribution in [0.3, 0.4) is 0 Å². The molecule has 3 aromatic rings. The van der Waals surface area contributed by atoms with Crippen LogP contribution in [0.1, 0.15) is 51.2 Å². The number of amides is 1. The molecule has 0 radical (unpaired) electrons. The Bertz CT molecular complexity index is 1130. The van der Waals surface area contributed by atoms with Crippen molar-refractivity contribution in [1.82, 2.24) is 14.7 Å². The summed E-state index contributed by atoms with van der Waals surface area (Å²) in [5.41, 5.74) is 2.25. The molecule has 180 valence electrons. The Labute approximate surface area is 200 Å². The highest BCUT2D eigenvalue weighted by molar-refractivity contribution is 5.89. The van der Waals surface area contributed by atoms with Gasteiger partial charge >= 0.3 is 12.2 Å². The van der Waals surface area contributed by atoms with E-state index in [1.165, 1.54) is 4.68 Å². The topological polar surface area (TPSA) is 73.7 Å². The number of carbonyl (C=O) groups is 2. The first kappa shape index (κ1) is 23.8. The van der Waals surface area contributed by atoms with Crippen molar-refractivity contribution in [2.45, 2.75) is 58.7 Å². The zero-order valence-corrected chi connectivity index (χ0v) is 20.2. The molecule has 2 aromatic carbocycles. The van der Waals surface area contributed by atoms with Gasteiger partial charge in [0.1, 0.15) is 12.2 Å². The summed E-state index contributed by atoms with van der Waals surface area (Å²) in [7, 11) is 0. The maximum Gasteiger partial charge on any atom is 0.435 e. The first-order valence-corrected chi connectivity index (χ1v) is 11.9. The molecule has 0 aliphatic carbocycles. The normalized spacial score (nSPS) is 16.8. The van der Waals surface area contributed by atoms with Gasteiger partial charge in [-0.1, -0.05) is 48.9 Å². The van der Waals surface area contributed by atoms with Crippen LogP contribution in [0.4, 0.5) is 9.59 Å². The minimum atomic E-state index is -0.591. The van der Waals surface area contributed by atoms with Gasteiger partial charge in [-0.05, 0) is 63.1 Å². The molecule has 1 aliphatic heterocycles. The van der Waals surface area contributed by atoms with E-state index in [9.17, 15) is 9.59 Å². The maximum atomic E-state index is 12.8. The fraction of sp³-hybridized carbons (Fsp3) is 0.444. The number of nitrogens with zero attached hydrogens (tertiary/aromatic N) is 3. The lowest BCUT2D eigenvalue weighted by Crippen LogP contribution is -2.35. The average Bonchev–Trinajstić information content (AvgIpc) is 3.11. The van der Waals surface area contributed by atoms with Crippen LogP contribution >= 0.6 is 0 Å². The van der Waals surface area contributed by atoms with Crippen LogP contribution in [0, 0.1) is 5.92 Å². The van der Waals surface area contributed by atoms with E-state index in [2.05, 4.69) is 11.2 Å². The van der Waals surface area contributed by atoms with E-state index in [0.717, 1.165) is 47.7 Å². The number of likely N-dealkylation sites (tertiary alicyclic amines) is 1. The molecule has 0 bridgehead atoms. The van der Waals surface area contributed by atoms with Crippen LogP contribution in [0.5, 0.6) is 0 Å². The minimum absolute atomic E-state index is 0.258. The summed E-state index contributed by atoms with van der Waals surface area (Å²) in [6.45, 7) is 7.17. The first-order chi connectivity index (χ1) is 16.3. The number of ether oxygens (including phenoxy) is 2. The second kappa shape index (κ2) is 10.3. The third-order valence-electron chi connectivity index (χ3n) is 6.01. The standard InChI is InChI=1S/C27H33N3O4/c1-27(2,3)34-26(32)30-24-14-9-13-22(23(24)17-28-30)16-21-12-7-8-15-29(18-21)25(31)33-19-20-10-5-4-6-11-20/h4-6,9-11,13-14,17,21H,7-8,12,15-16,18-19H2,1-3H3. The second-order valence-electron chi connectivity index (χ2n) is 9.94. The minimum Gasteiger partial charge on any atom is -0.445 e. The lowest BCUT2D eigenvalue weighted by molar-refractivity contribution is 0.0522. The molecule has 34 heavy (non-hydrogen) atoms. The number of rotatable bonds is 4. The number of hydrogen-bond donors (Lipinski definition) is 0. The number of benzene rings is 2. The van der Waals surface area contributed by atoms with Crippen LogP contribution in [-0.4, -0.2) is 45.6 Å². The Balaban J connectivity index is 1.44. The van der Waals surface area contributed by atoms with Crippen LogP contribution in [0.2, 0.25) is 0 Å². The molecule has 1 fully saturated rings. The monoisotopic (exact) mass is 463 g/mol. The average molecular weight is 464 g/mol. The van der Waals surface area contributed by atoms with Crippen molar-refractivity contribution in [3.05, 3.63) is 65.9 Å². The van der Waals surface area contributed by atoms with Gasteiger partial charge in [0, 0.05) is 18.5 Å². The van der Waals surface area contributed by atoms with Gasteiger partial charge in [-0.2, -0.15) is 9.78 Å². The summed E-state index contributed by atoms with van der Waals surface area (Å²) in [4.78, 5) is 27.2. The van der Waals surface area contributed by atoms with Crippen molar-refractivity contribution in [2.75, 3.05) is 13.1 Å². The zero-order valence-electron chi connectivity index (χ0n) is 20.2. The van der Waals surface area contributed by atoms with E-state index in [4.69, 9.17) is 9.47 Å². The van der Waals surface area contributed by atoms with Gasteiger partial charge in [0.15, 0.2) is 0 Å². The zero-order chi connectivity index (χ0) is 24.1. The van der Waals surface area contributed by atoms with Gasteiger partial charge in [-0.3, -0.25) is 0 Å². The molecule has 7 heteroatoms. The van der Waals surface area contributed by atoms with Crippen LogP contribution in [-0.2, 0) is 22.5 Å². The lowest BCUT2D eigenvalue weighted by Gasteiger charge is -2.24. The number of aromatic nitrogens is 2. The maximum absolute atomic E-state index is 12.8. The van der Waals surface area contributed by atoms with Gasteiger partial charge in [0.2, 0.25) is 0 Å². The molecule has 1 atom stereocenters. The predicted octanol–water partition coefficient (Wildman–Crippen LogP) is 5.80. The molecule has 2 heterocycles. The molecule has 0 N–H and O–H groups in total. The van der Waals surface area contributed by atoms with Crippen LogP contribution in [0.15, 0.2) is 54.7 Å². The Morgan fingerprint density at radius 3 is 2.59 bits per heavy atom. The van der Waals surface area contributed by atoms with E-state index in [0.29, 0.717) is 19.0 Å². The second-order valence-corrected chi connectivity index (χ2v) is 9.94. The van der Waals surface area contributed by atoms with Gasteiger partial charge in [0.05, 0.1) is 11.7 Å². The molecule has 1 aliphatic rings. The summed E-state index contributed by atoms with van der Waals surface area (Å²) in [5.74, 6) is 0.308. The predicted molar refractivity (Wildman–Crippen MR) is 131 cm³/mol. The van der Waals surface area contributed by atoms with E-state index in [1.807, 2.05) is 68.1 Å². The fourth-order valence-corrected chi connectivity index (χ4v) is 4.42. The van der Waals surface area contributed by atoms with Crippen molar-refractivity contribution in [3.8, 4) is 0 Å². The first-order valence-electron chi connectivity index (χ1n) is 11.9. The lowest BCUT2D eigenvalue weighted by atomic mass is 9.93. The third-order valence-corrected chi connectivity index (χ3v) is 6.01. The molecule has 1 amide bonds. The highest BCUT2D eigenvalue weighted by Crippen LogP contribution is 2.26. The Morgan fingerprint density at radius 2 is 1.82 bits per heavy atom. The fourth-order valence-electron chi connectivity index (χ4n) is 4.42.